The fourth-order valence-electron chi connectivity index (χ4n) is 3.24. The molecule has 2 aromatic carbocycles. The number of nitrogens with two attached hydrogens (primary N) is 1. The molecule has 0 radical (unpaired) electrons. The Kier molecular flexibility index (Phi) is 7.77. The van der Waals surface area contributed by atoms with Crippen molar-refractivity contribution < 1.29 is 13.2 Å². The second kappa shape index (κ2) is 10.4. The predicted octanol–water partition coefficient (Wildman–Crippen LogP) is 3.12. The van der Waals surface area contributed by atoms with Crippen molar-refractivity contribution in [2.75, 3.05) is 24.2 Å². The van der Waals surface area contributed by atoms with Crippen LogP contribution in [0.2, 0.25) is 0 Å². The van der Waals surface area contributed by atoms with Gasteiger partial charge in [-0.1, -0.05) is 49.9 Å². The topological polar surface area (TPSA) is 123 Å². The molecule has 3 aromatic rings. The Labute approximate surface area is 198 Å². The lowest BCUT2D eigenvalue weighted by molar-refractivity contribution is -0.115. The van der Waals surface area contributed by atoms with Crippen molar-refractivity contribution in [2.24, 2.45) is 0 Å². The molecular formula is C22H28N6O3S2. The molecule has 0 aliphatic rings. The molecule has 3 N–H and O–H groups in total. The first-order valence-electron chi connectivity index (χ1n) is 10.5. The van der Waals surface area contributed by atoms with Crippen LogP contribution in [-0.4, -0.2) is 51.8 Å². The van der Waals surface area contributed by atoms with Crippen LogP contribution in [0.3, 0.4) is 0 Å². The molecule has 1 unspecified atom stereocenters. The highest BCUT2D eigenvalue weighted by molar-refractivity contribution is 8.00. The molecule has 0 spiro atoms. The van der Waals surface area contributed by atoms with Crippen LogP contribution in [0, 0.1) is 6.92 Å². The average molecular weight is 489 g/mol. The van der Waals surface area contributed by atoms with Crippen molar-refractivity contribution in [1.29, 1.82) is 0 Å². The number of aryl methyl sites for hydroxylation is 1. The number of benzene rings is 2. The Morgan fingerprint density at radius 2 is 1.85 bits per heavy atom. The van der Waals surface area contributed by atoms with E-state index in [1.54, 1.807) is 39.0 Å². The molecule has 9 nitrogen and oxygen atoms in total. The molecule has 0 fully saturated rings. The summed E-state index contributed by atoms with van der Waals surface area (Å²) >= 11 is 1.16. The maximum absolute atomic E-state index is 12.9. The van der Waals surface area contributed by atoms with Gasteiger partial charge in [0, 0.05) is 24.3 Å². The first-order valence-corrected chi connectivity index (χ1v) is 12.8. The Morgan fingerprint density at radius 3 is 2.52 bits per heavy atom. The minimum Gasteiger partial charge on any atom is -0.335 e. The van der Waals surface area contributed by atoms with Crippen LogP contribution in [0.1, 0.15) is 26.3 Å². The number of rotatable bonds is 9. The maximum atomic E-state index is 12.9. The molecule has 1 amide bonds. The van der Waals surface area contributed by atoms with Gasteiger partial charge in [0.1, 0.15) is 0 Å². The molecule has 33 heavy (non-hydrogen) atoms. The largest absolute Gasteiger partial charge is 0.335 e. The molecule has 1 aromatic heterocycles. The van der Waals surface area contributed by atoms with E-state index in [4.69, 9.17) is 5.84 Å². The zero-order valence-electron chi connectivity index (χ0n) is 19.0. The van der Waals surface area contributed by atoms with Crippen LogP contribution in [0.25, 0.3) is 11.4 Å². The van der Waals surface area contributed by atoms with E-state index < -0.39 is 15.3 Å². The number of hydrogen-bond acceptors (Lipinski definition) is 7. The molecule has 176 valence electrons. The molecule has 0 aliphatic heterocycles. The van der Waals surface area contributed by atoms with Gasteiger partial charge in [0.2, 0.25) is 21.1 Å². The minimum absolute atomic E-state index is 0.159. The zero-order chi connectivity index (χ0) is 24.2. The number of sulfonamides is 1. The number of anilines is 1. The van der Waals surface area contributed by atoms with Gasteiger partial charge in [0.25, 0.3) is 0 Å². The number of carbonyl (C=O) groups is 1. The number of nitrogens with zero attached hydrogens (tertiary/aromatic N) is 4. The van der Waals surface area contributed by atoms with E-state index in [0.29, 0.717) is 35.3 Å². The van der Waals surface area contributed by atoms with Gasteiger partial charge in [-0.25, -0.2) is 13.1 Å². The second-order valence-electron chi connectivity index (χ2n) is 7.41. The van der Waals surface area contributed by atoms with Gasteiger partial charge < -0.3 is 11.2 Å². The van der Waals surface area contributed by atoms with E-state index in [-0.39, 0.29) is 10.8 Å². The van der Waals surface area contributed by atoms with E-state index >= 15 is 0 Å². The number of amides is 1. The van der Waals surface area contributed by atoms with Crippen molar-refractivity contribution in [3.05, 3.63) is 54.1 Å². The summed E-state index contributed by atoms with van der Waals surface area (Å²) in [6, 6.07) is 14.0. The minimum atomic E-state index is -3.62. The number of thioether (sulfide) groups is 1. The third-order valence-corrected chi connectivity index (χ3v) is 8.14. The highest BCUT2D eigenvalue weighted by atomic mass is 32.2. The summed E-state index contributed by atoms with van der Waals surface area (Å²) in [5, 5.41) is 11.0. The summed E-state index contributed by atoms with van der Waals surface area (Å²) in [7, 11) is -3.62. The Morgan fingerprint density at radius 1 is 1.15 bits per heavy atom. The Hall–Kier alpha value is -2.89. The average Bonchev–Trinajstić information content (AvgIpc) is 3.14. The van der Waals surface area contributed by atoms with Gasteiger partial charge >= 0.3 is 0 Å². The molecule has 0 bridgehead atoms. The van der Waals surface area contributed by atoms with Crippen LogP contribution in [0.15, 0.2) is 58.6 Å². The summed E-state index contributed by atoms with van der Waals surface area (Å²) in [6.45, 7) is 8.04. The van der Waals surface area contributed by atoms with Gasteiger partial charge in [-0.3, -0.25) is 4.79 Å². The fraction of sp³-hybridized carbons (Fsp3) is 0.318. The highest BCUT2D eigenvalue weighted by Crippen LogP contribution is 2.27. The van der Waals surface area contributed by atoms with Crippen molar-refractivity contribution in [2.45, 2.75) is 43.0 Å². The smallest absolute Gasteiger partial charge is 0.243 e. The van der Waals surface area contributed by atoms with E-state index in [1.807, 2.05) is 31.2 Å². The second-order valence-corrected chi connectivity index (χ2v) is 10.7. The quantitative estimate of drug-likeness (QED) is 0.350. The Bertz CT molecular complexity index is 1240. The van der Waals surface area contributed by atoms with Gasteiger partial charge in [-0.15, -0.1) is 10.2 Å². The molecule has 1 heterocycles. The lowest BCUT2D eigenvalue weighted by Gasteiger charge is -2.18. The van der Waals surface area contributed by atoms with Gasteiger partial charge in [0.15, 0.2) is 5.82 Å². The highest BCUT2D eigenvalue weighted by Gasteiger charge is 2.24. The lowest BCUT2D eigenvalue weighted by Crippen LogP contribution is -2.30. The molecule has 0 saturated carbocycles. The van der Waals surface area contributed by atoms with E-state index in [0.717, 1.165) is 17.3 Å². The summed E-state index contributed by atoms with van der Waals surface area (Å²) < 4.78 is 28.4. The predicted molar refractivity (Wildman–Crippen MR) is 131 cm³/mol. The van der Waals surface area contributed by atoms with Crippen molar-refractivity contribution in [3.8, 4) is 11.4 Å². The first-order chi connectivity index (χ1) is 15.7. The van der Waals surface area contributed by atoms with E-state index in [1.165, 1.54) is 15.0 Å². The molecular weight excluding hydrogens is 460 g/mol. The molecule has 0 saturated heterocycles. The monoisotopic (exact) mass is 488 g/mol. The van der Waals surface area contributed by atoms with Crippen molar-refractivity contribution >= 4 is 33.4 Å². The number of aromatic nitrogens is 3. The van der Waals surface area contributed by atoms with Crippen LogP contribution in [0.4, 0.5) is 5.69 Å². The third kappa shape index (κ3) is 5.55. The van der Waals surface area contributed by atoms with Crippen LogP contribution in [0.5, 0.6) is 0 Å². The maximum Gasteiger partial charge on any atom is 0.243 e. The molecule has 3 rings (SSSR count). The van der Waals surface area contributed by atoms with Crippen LogP contribution < -0.4 is 11.2 Å². The molecule has 0 aliphatic carbocycles. The molecule has 1 atom stereocenters. The number of carbonyl (C=O) groups excluding carboxylic acids is 1. The van der Waals surface area contributed by atoms with Gasteiger partial charge in [-0.2, -0.15) is 4.31 Å². The van der Waals surface area contributed by atoms with Crippen LogP contribution in [-0.2, 0) is 14.8 Å². The van der Waals surface area contributed by atoms with E-state index in [2.05, 4.69) is 15.5 Å². The molecule has 11 heteroatoms. The fourth-order valence-corrected chi connectivity index (χ4v) is 5.52. The van der Waals surface area contributed by atoms with Crippen molar-refractivity contribution in [3.63, 3.8) is 0 Å². The standard InChI is InChI=1S/C22H28N6O3S2/c1-5-27(6-2)33(30,31)19-12-8-10-17(14-19)20-25-26-22(28(20)23)32-16(4)21(29)24-18-11-7-9-15(3)13-18/h7-14,16H,5-6,23H2,1-4H3,(H,24,29). The summed E-state index contributed by atoms with van der Waals surface area (Å²) in [5.74, 6) is 6.32. The zero-order valence-corrected chi connectivity index (χ0v) is 20.7. The summed E-state index contributed by atoms with van der Waals surface area (Å²) in [5.41, 5.74) is 2.28. The lowest BCUT2D eigenvalue weighted by atomic mass is 10.2. The van der Waals surface area contributed by atoms with Crippen LogP contribution >= 0.6 is 11.8 Å². The number of hydrogen-bond donors (Lipinski definition) is 2. The van der Waals surface area contributed by atoms with Crippen molar-refractivity contribution in [1.82, 2.24) is 19.2 Å². The SMILES string of the molecule is CCN(CC)S(=O)(=O)c1cccc(-c2nnc(SC(C)C(=O)Nc3cccc(C)c3)n2N)c1. The summed E-state index contributed by atoms with van der Waals surface area (Å²) in [6.07, 6.45) is 0. The third-order valence-electron chi connectivity index (χ3n) is 5.04. The van der Waals surface area contributed by atoms with Gasteiger partial charge in [-0.05, 0) is 43.7 Å². The normalized spacial score (nSPS) is 12.6. The first kappa shape index (κ1) is 24.7. The van der Waals surface area contributed by atoms with Gasteiger partial charge in [0.05, 0.1) is 10.1 Å². The number of nitrogens with one attached hydrogen (secondary N) is 1. The number of nitrogen functional groups attached to an aromatic ring is 1. The Balaban J connectivity index is 1.79. The van der Waals surface area contributed by atoms with E-state index in [9.17, 15) is 13.2 Å². The summed E-state index contributed by atoms with van der Waals surface area (Å²) in [4.78, 5) is 12.7.